The highest BCUT2D eigenvalue weighted by Crippen LogP contribution is 2.15. The molecule has 0 bridgehead atoms. The highest BCUT2D eigenvalue weighted by atomic mass is 19.1. The number of aliphatic hydroxyl groups excluding tert-OH is 1. The molecule has 2 N–H and O–H groups in total. The summed E-state index contributed by atoms with van der Waals surface area (Å²) in [7, 11) is 1.73. The van der Waals surface area contributed by atoms with Gasteiger partial charge in [0.2, 0.25) is 5.95 Å². The molecule has 5 nitrogen and oxygen atoms in total. The van der Waals surface area contributed by atoms with Crippen molar-refractivity contribution < 1.29 is 14.3 Å². The molecule has 0 aliphatic heterocycles. The molecule has 1 aromatic heterocycles. The Balaban J connectivity index is 1.54. The quantitative estimate of drug-likeness (QED) is 0.449. The zero-order valence-electron chi connectivity index (χ0n) is 19.5. The first-order valence-corrected chi connectivity index (χ1v) is 11.3. The van der Waals surface area contributed by atoms with Crippen molar-refractivity contribution >= 4 is 5.91 Å². The van der Waals surface area contributed by atoms with E-state index in [1.54, 1.807) is 24.9 Å². The predicted molar refractivity (Wildman–Crippen MR) is 128 cm³/mol. The molecule has 0 aliphatic carbocycles. The van der Waals surface area contributed by atoms with Gasteiger partial charge in [-0.25, -0.2) is 4.98 Å². The lowest BCUT2D eigenvalue weighted by molar-refractivity contribution is 0.0785. The van der Waals surface area contributed by atoms with Gasteiger partial charge in [0.25, 0.3) is 5.91 Å². The van der Waals surface area contributed by atoms with E-state index in [2.05, 4.69) is 17.2 Å². The van der Waals surface area contributed by atoms with E-state index in [1.165, 1.54) is 6.20 Å². The van der Waals surface area contributed by atoms with Crippen molar-refractivity contribution in [1.29, 1.82) is 0 Å². The van der Waals surface area contributed by atoms with Gasteiger partial charge in [0.1, 0.15) is 0 Å². The van der Waals surface area contributed by atoms with E-state index in [0.717, 1.165) is 29.5 Å². The zero-order chi connectivity index (χ0) is 23.8. The van der Waals surface area contributed by atoms with E-state index in [4.69, 9.17) is 0 Å². The summed E-state index contributed by atoms with van der Waals surface area (Å²) in [5.74, 6) is -0.586. The molecule has 1 amide bonds. The number of carbonyl (C=O) groups is 1. The normalized spacial score (nSPS) is 12.9. The Labute approximate surface area is 195 Å². The molecule has 0 unspecified atom stereocenters. The molecule has 174 valence electrons. The Hall–Kier alpha value is -3.09. The fourth-order valence-electron chi connectivity index (χ4n) is 3.77. The van der Waals surface area contributed by atoms with Gasteiger partial charge < -0.3 is 15.3 Å². The van der Waals surface area contributed by atoms with E-state index >= 15 is 0 Å². The minimum atomic E-state index is -0.545. The number of amides is 1. The summed E-state index contributed by atoms with van der Waals surface area (Å²) >= 11 is 0. The van der Waals surface area contributed by atoms with Crippen molar-refractivity contribution in [2.45, 2.75) is 45.4 Å². The fraction of sp³-hybridized carbons (Fsp3) is 0.333. The van der Waals surface area contributed by atoms with Gasteiger partial charge in [-0.2, -0.15) is 4.39 Å². The van der Waals surface area contributed by atoms with Crippen LogP contribution in [0, 0.1) is 12.9 Å². The third kappa shape index (κ3) is 6.94. The van der Waals surface area contributed by atoms with Gasteiger partial charge in [0.05, 0.1) is 6.10 Å². The third-order valence-electron chi connectivity index (χ3n) is 5.80. The number of hydrogen-bond donors (Lipinski definition) is 2. The van der Waals surface area contributed by atoms with Crippen LogP contribution in [0.15, 0.2) is 66.9 Å². The second-order valence-corrected chi connectivity index (χ2v) is 8.45. The molecule has 3 aromatic rings. The van der Waals surface area contributed by atoms with Crippen molar-refractivity contribution in [2.24, 2.45) is 0 Å². The van der Waals surface area contributed by atoms with Gasteiger partial charge in [-0.1, -0.05) is 49.4 Å². The van der Waals surface area contributed by atoms with Crippen LogP contribution in [0.5, 0.6) is 0 Å². The highest BCUT2D eigenvalue weighted by Gasteiger charge is 2.15. The molecule has 0 radical (unpaired) electrons. The number of aromatic nitrogens is 1. The summed E-state index contributed by atoms with van der Waals surface area (Å²) in [4.78, 5) is 18.1. The number of nitrogens with zero attached hydrogens (tertiary/aromatic N) is 2. The first-order valence-electron chi connectivity index (χ1n) is 11.3. The SMILES string of the molecule is CC[C@@H](Cc1ccc(C(=O)N(C)Cc2cnc(F)c(C)c2)cc1)NC[C@H](O)c1ccccc1. The molecule has 2 aromatic carbocycles. The molecular formula is C27H32FN3O2. The summed E-state index contributed by atoms with van der Waals surface area (Å²) in [5, 5.41) is 13.8. The number of hydrogen-bond acceptors (Lipinski definition) is 4. The summed E-state index contributed by atoms with van der Waals surface area (Å²) in [6.07, 6.45) is 2.65. The summed E-state index contributed by atoms with van der Waals surface area (Å²) < 4.78 is 13.4. The second kappa shape index (κ2) is 11.7. The van der Waals surface area contributed by atoms with Crippen molar-refractivity contribution in [3.8, 4) is 0 Å². The largest absolute Gasteiger partial charge is 0.387 e. The van der Waals surface area contributed by atoms with Crippen LogP contribution in [-0.2, 0) is 13.0 Å². The molecule has 0 saturated heterocycles. The lowest BCUT2D eigenvalue weighted by Crippen LogP contribution is -2.34. The van der Waals surface area contributed by atoms with E-state index in [0.29, 0.717) is 24.2 Å². The smallest absolute Gasteiger partial charge is 0.253 e. The Kier molecular flexibility index (Phi) is 8.69. The molecule has 33 heavy (non-hydrogen) atoms. The number of nitrogens with one attached hydrogen (secondary N) is 1. The van der Waals surface area contributed by atoms with Crippen molar-refractivity contribution in [2.75, 3.05) is 13.6 Å². The number of carbonyl (C=O) groups excluding carboxylic acids is 1. The van der Waals surface area contributed by atoms with Crippen molar-refractivity contribution in [3.63, 3.8) is 0 Å². The minimum absolute atomic E-state index is 0.0975. The lowest BCUT2D eigenvalue weighted by atomic mass is 10.0. The molecular weight excluding hydrogens is 417 g/mol. The van der Waals surface area contributed by atoms with E-state index in [-0.39, 0.29) is 11.9 Å². The molecule has 0 aliphatic rings. The van der Waals surface area contributed by atoms with Crippen LogP contribution in [0.1, 0.15) is 52.1 Å². The number of aliphatic hydroxyl groups is 1. The Morgan fingerprint density at radius 3 is 2.45 bits per heavy atom. The first-order chi connectivity index (χ1) is 15.9. The van der Waals surface area contributed by atoms with Gasteiger partial charge in [-0.05, 0) is 54.7 Å². The van der Waals surface area contributed by atoms with Gasteiger partial charge >= 0.3 is 0 Å². The molecule has 0 fully saturated rings. The fourth-order valence-corrected chi connectivity index (χ4v) is 3.77. The van der Waals surface area contributed by atoms with Crippen LogP contribution in [0.4, 0.5) is 4.39 Å². The molecule has 1 heterocycles. The standard InChI is InChI=1S/C27H32FN3O2/c1-4-24(29-17-25(32)22-8-6-5-7-9-22)15-20-10-12-23(13-11-20)27(33)31(3)18-21-14-19(2)26(28)30-16-21/h5-14,16,24-25,29,32H,4,15,17-18H2,1-3H3/t24-,25-/m0/s1. The van der Waals surface area contributed by atoms with Crippen molar-refractivity contribution in [3.05, 3.63) is 101 Å². The van der Waals surface area contributed by atoms with Crippen molar-refractivity contribution in [1.82, 2.24) is 15.2 Å². The summed E-state index contributed by atoms with van der Waals surface area (Å²) in [5.41, 5.74) is 3.89. The van der Waals surface area contributed by atoms with E-state index in [1.807, 2.05) is 54.6 Å². The van der Waals surface area contributed by atoms with E-state index < -0.39 is 12.1 Å². The van der Waals surface area contributed by atoms with Crippen LogP contribution in [0.25, 0.3) is 0 Å². The Bertz CT molecular complexity index is 1040. The molecule has 2 atom stereocenters. The average molecular weight is 450 g/mol. The van der Waals surface area contributed by atoms with Crippen LogP contribution >= 0.6 is 0 Å². The monoisotopic (exact) mass is 449 g/mol. The number of halogens is 1. The first kappa shape index (κ1) is 24.6. The summed E-state index contributed by atoms with van der Waals surface area (Å²) in [6, 6.07) is 19.2. The van der Waals surface area contributed by atoms with Gasteiger partial charge in [-0.3, -0.25) is 4.79 Å². The van der Waals surface area contributed by atoms with Crippen LogP contribution < -0.4 is 5.32 Å². The highest BCUT2D eigenvalue weighted by molar-refractivity contribution is 5.94. The van der Waals surface area contributed by atoms with Gasteiger partial charge in [0.15, 0.2) is 0 Å². The maximum atomic E-state index is 13.4. The maximum Gasteiger partial charge on any atom is 0.253 e. The van der Waals surface area contributed by atoms with E-state index in [9.17, 15) is 14.3 Å². The van der Waals surface area contributed by atoms with Crippen LogP contribution in [-0.4, -0.2) is 40.5 Å². The second-order valence-electron chi connectivity index (χ2n) is 8.45. The molecule has 0 spiro atoms. The molecule has 0 saturated carbocycles. The lowest BCUT2D eigenvalue weighted by Gasteiger charge is -2.20. The third-order valence-corrected chi connectivity index (χ3v) is 5.80. The van der Waals surface area contributed by atoms with Crippen LogP contribution in [0.3, 0.4) is 0 Å². The predicted octanol–water partition coefficient (Wildman–Crippen LogP) is 4.45. The van der Waals surface area contributed by atoms with Crippen LogP contribution in [0.2, 0.25) is 0 Å². The maximum absolute atomic E-state index is 13.4. The Morgan fingerprint density at radius 1 is 1.12 bits per heavy atom. The topological polar surface area (TPSA) is 65.5 Å². The number of benzene rings is 2. The number of pyridine rings is 1. The average Bonchev–Trinajstić information content (AvgIpc) is 2.84. The molecule has 6 heteroatoms. The Morgan fingerprint density at radius 2 is 1.82 bits per heavy atom. The number of rotatable bonds is 10. The van der Waals surface area contributed by atoms with Gasteiger partial charge in [-0.15, -0.1) is 0 Å². The number of aryl methyl sites for hydroxylation is 1. The minimum Gasteiger partial charge on any atom is -0.387 e. The summed E-state index contributed by atoms with van der Waals surface area (Å²) in [6.45, 7) is 4.63. The molecule has 3 rings (SSSR count). The zero-order valence-corrected chi connectivity index (χ0v) is 19.5. The van der Waals surface area contributed by atoms with Gasteiger partial charge in [0, 0.05) is 43.5 Å².